The SMILES string of the molecule is CS(=O)(=O)c1ccc(C2CC(=O)NC3NNC(c4ccc(F)cc4)C32)cc1. The smallest absolute Gasteiger partial charge is 0.221 e. The van der Waals surface area contributed by atoms with Crippen LogP contribution < -0.4 is 16.2 Å². The molecule has 2 aromatic rings. The van der Waals surface area contributed by atoms with E-state index in [9.17, 15) is 17.6 Å². The van der Waals surface area contributed by atoms with Crippen molar-refractivity contribution in [1.29, 1.82) is 0 Å². The number of carbonyl (C=O) groups is 1. The lowest BCUT2D eigenvalue weighted by Gasteiger charge is -2.36. The lowest BCUT2D eigenvalue weighted by Crippen LogP contribution is -2.52. The fourth-order valence-electron chi connectivity index (χ4n) is 4.01. The maximum Gasteiger partial charge on any atom is 0.221 e. The van der Waals surface area contributed by atoms with Gasteiger partial charge in [-0.05, 0) is 35.4 Å². The average Bonchev–Trinajstić information content (AvgIpc) is 3.05. The lowest BCUT2D eigenvalue weighted by atomic mass is 9.74. The van der Waals surface area contributed by atoms with Crippen LogP contribution in [-0.4, -0.2) is 26.7 Å². The number of rotatable bonds is 3. The Morgan fingerprint density at radius 1 is 0.963 bits per heavy atom. The summed E-state index contributed by atoms with van der Waals surface area (Å²) >= 11 is 0. The highest BCUT2D eigenvalue weighted by molar-refractivity contribution is 7.90. The fraction of sp³-hybridized carbons (Fsp3) is 0.316. The second-order valence-electron chi connectivity index (χ2n) is 7.09. The number of hydrogen-bond donors (Lipinski definition) is 3. The van der Waals surface area contributed by atoms with E-state index in [1.165, 1.54) is 18.4 Å². The zero-order chi connectivity index (χ0) is 19.2. The number of sulfone groups is 1. The van der Waals surface area contributed by atoms with Crippen LogP contribution >= 0.6 is 0 Å². The largest absolute Gasteiger partial charge is 0.339 e. The van der Waals surface area contributed by atoms with Crippen LogP contribution in [0.25, 0.3) is 0 Å². The first kappa shape index (κ1) is 18.1. The third-order valence-electron chi connectivity index (χ3n) is 5.32. The summed E-state index contributed by atoms with van der Waals surface area (Å²) in [5.74, 6) is -0.472. The summed E-state index contributed by atoms with van der Waals surface area (Å²) in [6.07, 6.45) is 1.21. The molecule has 0 saturated carbocycles. The van der Waals surface area contributed by atoms with E-state index in [4.69, 9.17) is 0 Å². The Hall–Kier alpha value is -2.29. The van der Waals surface area contributed by atoms with Crippen LogP contribution in [0, 0.1) is 11.7 Å². The number of fused-ring (bicyclic) bond motifs is 1. The number of nitrogens with one attached hydrogen (secondary N) is 3. The van der Waals surface area contributed by atoms with Gasteiger partial charge in [0.1, 0.15) is 5.82 Å². The molecular formula is C19H20FN3O3S. The summed E-state index contributed by atoms with van der Waals surface area (Å²) in [7, 11) is -3.28. The summed E-state index contributed by atoms with van der Waals surface area (Å²) in [6.45, 7) is 0. The molecule has 6 nitrogen and oxygen atoms in total. The molecular weight excluding hydrogens is 369 g/mol. The highest BCUT2D eigenvalue weighted by Crippen LogP contribution is 2.43. The van der Waals surface area contributed by atoms with Gasteiger partial charge >= 0.3 is 0 Å². The maximum absolute atomic E-state index is 13.3. The van der Waals surface area contributed by atoms with E-state index in [0.717, 1.165) is 11.1 Å². The Morgan fingerprint density at radius 3 is 2.22 bits per heavy atom. The van der Waals surface area contributed by atoms with Crippen LogP contribution in [0.3, 0.4) is 0 Å². The normalized spacial score (nSPS) is 27.9. The Labute approximate surface area is 157 Å². The van der Waals surface area contributed by atoms with Gasteiger partial charge in [0.25, 0.3) is 0 Å². The van der Waals surface area contributed by atoms with Gasteiger partial charge in [-0.3, -0.25) is 4.79 Å². The minimum absolute atomic E-state index is 0.00255. The molecule has 2 heterocycles. The second kappa shape index (κ2) is 6.70. The molecule has 0 spiro atoms. The third-order valence-corrected chi connectivity index (χ3v) is 6.44. The predicted octanol–water partition coefficient (Wildman–Crippen LogP) is 1.62. The monoisotopic (exact) mass is 389 g/mol. The van der Waals surface area contributed by atoms with Crippen molar-refractivity contribution < 1.29 is 17.6 Å². The van der Waals surface area contributed by atoms with Gasteiger partial charge < -0.3 is 5.32 Å². The van der Waals surface area contributed by atoms with Crippen molar-refractivity contribution in [3.63, 3.8) is 0 Å². The number of hydrogen-bond acceptors (Lipinski definition) is 5. The van der Waals surface area contributed by atoms with Gasteiger partial charge in [-0.15, -0.1) is 0 Å². The predicted molar refractivity (Wildman–Crippen MR) is 97.7 cm³/mol. The molecule has 0 aromatic heterocycles. The standard InChI is InChI=1S/C19H20FN3O3S/c1-27(25,26)14-8-4-11(5-9-14)15-10-16(24)21-19-17(15)18(22-23-19)12-2-6-13(20)7-3-12/h2-9,15,17-19,22-23H,10H2,1H3,(H,21,24). The first-order valence-corrected chi connectivity index (χ1v) is 10.6. The lowest BCUT2D eigenvalue weighted by molar-refractivity contribution is -0.125. The van der Waals surface area contributed by atoms with Crippen molar-refractivity contribution in [2.24, 2.45) is 5.92 Å². The molecule has 8 heteroatoms. The highest BCUT2D eigenvalue weighted by atomic mass is 32.2. The van der Waals surface area contributed by atoms with Gasteiger partial charge in [-0.2, -0.15) is 0 Å². The van der Waals surface area contributed by atoms with Crippen LogP contribution in [0.15, 0.2) is 53.4 Å². The molecule has 4 rings (SSSR count). The number of amides is 1. The molecule has 2 aliphatic heterocycles. The van der Waals surface area contributed by atoms with E-state index < -0.39 is 9.84 Å². The van der Waals surface area contributed by atoms with Crippen molar-refractivity contribution >= 4 is 15.7 Å². The van der Waals surface area contributed by atoms with Gasteiger partial charge in [0.2, 0.25) is 5.91 Å². The van der Waals surface area contributed by atoms with Crippen molar-refractivity contribution in [3.05, 3.63) is 65.5 Å². The fourth-order valence-corrected chi connectivity index (χ4v) is 4.64. The summed E-state index contributed by atoms with van der Waals surface area (Å²) in [5.41, 5.74) is 8.15. The summed E-state index contributed by atoms with van der Waals surface area (Å²) < 4.78 is 36.7. The average molecular weight is 389 g/mol. The Balaban J connectivity index is 1.69. The minimum atomic E-state index is -3.28. The molecule has 2 aromatic carbocycles. The van der Waals surface area contributed by atoms with E-state index in [2.05, 4.69) is 16.2 Å². The molecule has 1 amide bonds. The van der Waals surface area contributed by atoms with Gasteiger partial charge in [-0.1, -0.05) is 24.3 Å². The van der Waals surface area contributed by atoms with Crippen molar-refractivity contribution in [1.82, 2.24) is 16.2 Å². The molecule has 0 radical (unpaired) electrons. The molecule has 3 N–H and O–H groups in total. The number of hydrazine groups is 1. The maximum atomic E-state index is 13.3. The number of halogens is 1. The van der Waals surface area contributed by atoms with Crippen molar-refractivity contribution in [2.45, 2.75) is 29.4 Å². The molecule has 142 valence electrons. The van der Waals surface area contributed by atoms with Gasteiger partial charge in [0, 0.05) is 24.5 Å². The van der Waals surface area contributed by atoms with Crippen LogP contribution in [0.2, 0.25) is 0 Å². The van der Waals surface area contributed by atoms with Gasteiger partial charge in [0.05, 0.1) is 17.1 Å². The molecule has 4 unspecified atom stereocenters. The quantitative estimate of drug-likeness (QED) is 0.743. The molecule has 4 atom stereocenters. The Bertz CT molecular complexity index is 961. The van der Waals surface area contributed by atoms with E-state index in [1.54, 1.807) is 36.4 Å². The minimum Gasteiger partial charge on any atom is -0.339 e. The van der Waals surface area contributed by atoms with Gasteiger partial charge in [0.15, 0.2) is 9.84 Å². The van der Waals surface area contributed by atoms with Crippen LogP contribution in [0.4, 0.5) is 4.39 Å². The summed E-state index contributed by atoms with van der Waals surface area (Å²) in [6, 6.07) is 12.9. The third kappa shape index (κ3) is 3.47. The van der Waals surface area contributed by atoms with E-state index in [-0.39, 0.29) is 40.7 Å². The molecule has 2 saturated heterocycles. The Kier molecular flexibility index (Phi) is 4.49. The van der Waals surface area contributed by atoms with Crippen LogP contribution in [-0.2, 0) is 14.6 Å². The first-order chi connectivity index (χ1) is 12.8. The van der Waals surface area contributed by atoms with Gasteiger partial charge in [-0.25, -0.2) is 23.7 Å². The van der Waals surface area contributed by atoms with E-state index in [1.807, 2.05) is 0 Å². The second-order valence-corrected chi connectivity index (χ2v) is 9.11. The van der Waals surface area contributed by atoms with E-state index in [0.29, 0.717) is 6.42 Å². The van der Waals surface area contributed by atoms with Crippen LogP contribution in [0.5, 0.6) is 0 Å². The number of benzene rings is 2. The highest BCUT2D eigenvalue weighted by Gasteiger charge is 2.46. The molecule has 2 aliphatic rings. The van der Waals surface area contributed by atoms with E-state index >= 15 is 0 Å². The number of carbonyl (C=O) groups excluding carboxylic acids is 1. The molecule has 27 heavy (non-hydrogen) atoms. The van der Waals surface area contributed by atoms with Crippen molar-refractivity contribution in [3.8, 4) is 0 Å². The number of piperidine rings is 1. The molecule has 2 fully saturated rings. The topological polar surface area (TPSA) is 87.3 Å². The zero-order valence-corrected chi connectivity index (χ0v) is 15.5. The summed E-state index contributed by atoms with van der Waals surface area (Å²) in [4.78, 5) is 12.4. The van der Waals surface area contributed by atoms with Crippen LogP contribution in [0.1, 0.15) is 29.5 Å². The van der Waals surface area contributed by atoms with Crippen molar-refractivity contribution in [2.75, 3.05) is 6.26 Å². The first-order valence-electron chi connectivity index (χ1n) is 8.69. The summed E-state index contributed by atoms with van der Waals surface area (Å²) in [5, 5.41) is 2.94. The Morgan fingerprint density at radius 2 is 1.59 bits per heavy atom. The zero-order valence-electron chi connectivity index (χ0n) is 14.6. The molecule has 0 bridgehead atoms. The molecule has 0 aliphatic carbocycles.